The zero-order valence-electron chi connectivity index (χ0n) is 19.2. The Hall–Kier alpha value is -3.59. The third-order valence-electron chi connectivity index (χ3n) is 5.55. The van der Waals surface area contributed by atoms with E-state index in [2.05, 4.69) is 37.2 Å². The number of piperazine rings is 1. The minimum absolute atomic E-state index is 0.0412. The maximum Gasteiger partial charge on any atom is 0.234 e. The number of ether oxygens (including phenoxy) is 1. The van der Waals surface area contributed by atoms with Crippen molar-refractivity contribution in [1.29, 1.82) is 0 Å². The Morgan fingerprint density at radius 2 is 1.76 bits per heavy atom. The summed E-state index contributed by atoms with van der Waals surface area (Å²) in [5.41, 5.74) is 2.34. The van der Waals surface area contributed by atoms with E-state index in [-0.39, 0.29) is 17.4 Å². The number of nitrogens with zero attached hydrogens (tertiary/aromatic N) is 4. The van der Waals surface area contributed by atoms with Gasteiger partial charge in [0.1, 0.15) is 11.6 Å². The zero-order chi connectivity index (χ0) is 23.9. The van der Waals surface area contributed by atoms with E-state index >= 15 is 0 Å². The molecule has 8 nitrogen and oxygen atoms in total. The van der Waals surface area contributed by atoms with Gasteiger partial charge in [-0.15, -0.1) is 0 Å². The van der Waals surface area contributed by atoms with Crippen LogP contribution in [0.25, 0.3) is 0 Å². The third kappa shape index (κ3) is 6.05. The van der Waals surface area contributed by atoms with Crippen molar-refractivity contribution in [2.45, 2.75) is 12.1 Å². The fourth-order valence-electron chi connectivity index (χ4n) is 3.71. The molecule has 0 saturated carbocycles. The van der Waals surface area contributed by atoms with Gasteiger partial charge < -0.3 is 19.9 Å². The molecular formula is C25H27N5O3S. The quantitative estimate of drug-likeness (QED) is 0.298. The highest BCUT2D eigenvalue weighted by atomic mass is 32.2. The van der Waals surface area contributed by atoms with Crippen LogP contribution in [-0.4, -0.2) is 60.7 Å². The predicted molar refractivity (Wildman–Crippen MR) is 135 cm³/mol. The van der Waals surface area contributed by atoms with Crippen molar-refractivity contribution >= 4 is 40.6 Å². The summed E-state index contributed by atoms with van der Waals surface area (Å²) >= 11 is 1.29. The highest BCUT2D eigenvalue weighted by Crippen LogP contribution is 2.23. The minimum Gasteiger partial charge on any atom is -0.497 e. The summed E-state index contributed by atoms with van der Waals surface area (Å²) in [5, 5.41) is 3.38. The Balaban J connectivity index is 1.29. The van der Waals surface area contributed by atoms with Gasteiger partial charge in [-0.05, 0) is 49.4 Å². The van der Waals surface area contributed by atoms with Crippen molar-refractivity contribution < 1.29 is 14.3 Å². The van der Waals surface area contributed by atoms with Crippen LogP contribution in [0.4, 0.5) is 17.2 Å². The van der Waals surface area contributed by atoms with Crippen LogP contribution < -0.4 is 19.9 Å². The predicted octanol–water partition coefficient (Wildman–Crippen LogP) is 3.75. The molecule has 0 radical (unpaired) electrons. The lowest BCUT2D eigenvalue weighted by Crippen LogP contribution is -2.46. The highest BCUT2D eigenvalue weighted by Gasteiger charge is 2.19. The van der Waals surface area contributed by atoms with Crippen LogP contribution in [0.15, 0.2) is 66.0 Å². The SMILES string of the molecule is COc1ccc(N2CCN(c3ccnc(SCC(=O)Nc4cccc(C(C)=O)c4)n3)CC2)cc1. The van der Waals surface area contributed by atoms with Gasteiger partial charge in [-0.2, -0.15) is 0 Å². The zero-order valence-corrected chi connectivity index (χ0v) is 20.0. The third-order valence-corrected chi connectivity index (χ3v) is 6.41. The lowest BCUT2D eigenvalue weighted by Gasteiger charge is -2.36. The molecule has 1 aliphatic rings. The fraction of sp³-hybridized carbons (Fsp3) is 0.280. The molecule has 1 N–H and O–H groups in total. The van der Waals surface area contributed by atoms with Gasteiger partial charge in [-0.1, -0.05) is 23.9 Å². The van der Waals surface area contributed by atoms with E-state index in [9.17, 15) is 9.59 Å². The molecule has 1 aromatic heterocycles. The molecule has 0 aliphatic carbocycles. The number of methoxy groups -OCH3 is 1. The molecule has 9 heteroatoms. The number of ketones is 1. The summed E-state index contributed by atoms with van der Waals surface area (Å²) in [6.45, 7) is 4.97. The van der Waals surface area contributed by atoms with Crippen molar-refractivity contribution in [3.63, 3.8) is 0 Å². The van der Waals surface area contributed by atoms with E-state index in [1.807, 2.05) is 18.2 Å². The maximum atomic E-state index is 12.4. The number of nitrogens with one attached hydrogen (secondary N) is 1. The number of anilines is 3. The molecule has 0 unspecified atom stereocenters. The number of benzene rings is 2. The van der Waals surface area contributed by atoms with Gasteiger partial charge in [0, 0.05) is 49.3 Å². The smallest absolute Gasteiger partial charge is 0.234 e. The van der Waals surface area contributed by atoms with Crippen LogP contribution in [-0.2, 0) is 4.79 Å². The van der Waals surface area contributed by atoms with E-state index in [1.165, 1.54) is 24.4 Å². The number of Topliss-reactive ketones (excluding diaryl/α,β-unsaturated/α-hetero) is 1. The first-order valence-corrected chi connectivity index (χ1v) is 12.0. The molecule has 1 saturated heterocycles. The fourth-order valence-corrected chi connectivity index (χ4v) is 4.33. The van der Waals surface area contributed by atoms with Crippen molar-refractivity contribution in [3.8, 4) is 5.75 Å². The molecule has 1 amide bonds. The van der Waals surface area contributed by atoms with E-state index in [0.717, 1.165) is 37.7 Å². The minimum atomic E-state index is -0.173. The molecule has 1 aliphatic heterocycles. The van der Waals surface area contributed by atoms with Crippen LogP contribution in [0.2, 0.25) is 0 Å². The van der Waals surface area contributed by atoms with Crippen molar-refractivity contribution in [3.05, 3.63) is 66.4 Å². The first-order chi connectivity index (χ1) is 16.5. The van der Waals surface area contributed by atoms with E-state index < -0.39 is 0 Å². The molecule has 34 heavy (non-hydrogen) atoms. The lowest BCUT2D eigenvalue weighted by molar-refractivity contribution is -0.113. The molecule has 3 aromatic rings. The van der Waals surface area contributed by atoms with Crippen LogP contribution in [0.1, 0.15) is 17.3 Å². The van der Waals surface area contributed by atoms with Crippen molar-refractivity contribution in [1.82, 2.24) is 9.97 Å². The molecule has 0 atom stereocenters. The topological polar surface area (TPSA) is 87.7 Å². The molecule has 1 fully saturated rings. The number of carbonyl (C=O) groups excluding carboxylic acids is 2. The number of thioether (sulfide) groups is 1. The lowest BCUT2D eigenvalue weighted by atomic mass is 10.1. The number of rotatable bonds is 8. The molecular weight excluding hydrogens is 450 g/mol. The van der Waals surface area contributed by atoms with Gasteiger partial charge in [0.2, 0.25) is 5.91 Å². The Bertz CT molecular complexity index is 1150. The molecule has 176 valence electrons. The summed E-state index contributed by atoms with van der Waals surface area (Å²) in [7, 11) is 1.67. The average molecular weight is 478 g/mol. The van der Waals surface area contributed by atoms with E-state index in [0.29, 0.717) is 16.4 Å². The van der Waals surface area contributed by atoms with Crippen molar-refractivity contribution in [2.75, 3.05) is 54.2 Å². The van der Waals surface area contributed by atoms with Gasteiger partial charge in [0.25, 0.3) is 0 Å². The van der Waals surface area contributed by atoms with Gasteiger partial charge in [0.05, 0.1) is 12.9 Å². The molecule has 0 bridgehead atoms. The second-order valence-corrected chi connectivity index (χ2v) is 8.79. The first kappa shape index (κ1) is 23.6. The van der Waals surface area contributed by atoms with Gasteiger partial charge in [-0.25, -0.2) is 9.97 Å². The maximum absolute atomic E-state index is 12.4. The Labute approximate surface area is 203 Å². The summed E-state index contributed by atoms with van der Waals surface area (Å²) in [6.07, 6.45) is 1.73. The van der Waals surface area contributed by atoms with Gasteiger partial charge >= 0.3 is 0 Å². The molecule has 2 aromatic carbocycles. The average Bonchev–Trinajstić information content (AvgIpc) is 2.88. The van der Waals surface area contributed by atoms with Gasteiger partial charge in [0.15, 0.2) is 10.9 Å². The Kier molecular flexibility index (Phi) is 7.64. The second kappa shape index (κ2) is 11.0. The van der Waals surface area contributed by atoms with Crippen LogP contribution in [0.5, 0.6) is 5.75 Å². The number of hydrogen-bond donors (Lipinski definition) is 1. The largest absolute Gasteiger partial charge is 0.497 e. The Morgan fingerprint density at radius 1 is 1.03 bits per heavy atom. The van der Waals surface area contributed by atoms with Crippen LogP contribution in [0, 0.1) is 0 Å². The monoisotopic (exact) mass is 477 g/mol. The normalized spacial score (nSPS) is 13.5. The summed E-state index contributed by atoms with van der Waals surface area (Å²) in [6, 6.07) is 16.9. The molecule has 4 rings (SSSR count). The number of hydrogen-bond acceptors (Lipinski definition) is 8. The number of aromatic nitrogens is 2. The second-order valence-electron chi connectivity index (χ2n) is 7.84. The number of amides is 1. The standard InChI is InChI=1S/C25H27N5O3S/c1-18(31)19-4-3-5-20(16-19)27-24(32)17-34-25-26-11-10-23(28-25)30-14-12-29(13-15-30)21-6-8-22(33-2)9-7-21/h3-11,16H,12-15,17H2,1-2H3,(H,27,32). The molecule has 0 spiro atoms. The van der Waals surface area contributed by atoms with Gasteiger partial charge in [-0.3, -0.25) is 9.59 Å². The first-order valence-electron chi connectivity index (χ1n) is 11.0. The molecule has 2 heterocycles. The summed E-state index contributed by atoms with van der Waals surface area (Å²) < 4.78 is 5.24. The summed E-state index contributed by atoms with van der Waals surface area (Å²) in [4.78, 5) is 37.4. The van der Waals surface area contributed by atoms with E-state index in [4.69, 9.17) is 4.74 Å². The Morgan fingerprint density at radius 3 is 2.47 bits per heavy atom. The van der Waals surface area contributed by atoms with Crippen LogP contribution in [0.3, 0.4) is 0 Å². The summed E-state index contributed by atoms with van der Waals surface area (Å²) in [5.74, 6) is 1.68. The van der Waals surface area contributed by atoms with E-state index in [1.54, 1.807) is 37.6 Å². The van der Waals surface area contributed by atoms with Crippen LogP contribution >= 0.6 is 11.8 Å². The number of carbonyl (C=O) groups is 2. The van der Waals surface area contributed by atoms with Crippen molar-refractivity contribution in [2.24, 2.45) is 0 Å². The highest BCUT2D eigenvalue weighted by molar-refractivity contribution is 7.99.